The topological polar surface area (TPSA) is 51.8 Å². The van der Waals surface area contributed by atoms with E-state index in [1.165, 1.54) is 23.5 Å². The summed E-state index contributed by atoms with van der Waals surface area (Å²) in [5, 5.41) is 10.1. The average molecular weight is 272 g/mol. The second-order valence-corrected chi connectivity index (χ2v) is 4.99. The molecule has 0 aliphatic carbocycles. The molecule has 6 heteroatoms. The SMILES string of the molecule is NCCCc1nnc(-c2ccc(F)cc2Cl)s1. The Labute approximate surface area is 107 Å². The highest BCUT2D eigenvalue weighted by atomic mass is 35.5. The van der Waals surface area contributed by atoms with Crippen molar-refractivity contribution in [1.29, 1.82) is 0 Å². The highest BCUT2D eigenvalue weighted by Crippen LogP contribution is 2.30. The van der Waals surface area contributed by atoms with E-state index in [2.05, 4.69) is 10.2 Å². The molecule has 0 atom stereocenters. The summed E-state index contributed by atoms with van der Waals surface area (Å²) in [6.45, 7) is 0.631. The van der Waals surface area contributed by atoms with Gasteiger partial charge in [0, 0.05) is 12.0 Å². The minimum atomic E-state index is -0.355. The largest absolute Gasteiger partial charge is 0.330 e. The predicted octanol–water partition coefficient (Wildman–Crippen LogP) is 2.89. The summed E-state index contributed by atoms with van der Waals surface area (Å²) in [4.78, 5) is 0. The maximum atomic E-state index is 12.9. The van der Waals surface area contributed by atoms with Crippen LogP contribution < -0.4 is 5.73 Å². The van der Waals surface area contributed by atoms with Gasteiger partial charge in [0.1, 0.15) is 15.8 Å². The van der Waals surface area contributed by atoms with Crippen molar-refractivity contribution in [2.24, 2.45) is 5.73 Å². The van der Waals surface area contributed by atoms with Gasteiger partial charge in [-0.3, -0.25) is 0 Å². The van der Waals surface area contributed by atoms with Crippen molar-refractivity contribution in [3.63, 3.8) is 0 Å². The monoisotopic (exact) mass is 271 g/mol. The molecule has 17 heavy (non-hydrogen) atoms. The number of nitrogens with zero attached hydrogens (tertiary/aromatic N) is 2. The number of aromatic nitrogens is 2. The van der Waals surface area contributed by atoms with Crippen LogP contribution in [0.25, 0.3) is 10.6 Å². The van der Waals surface area contributed by atoms with Gasteiger partial charge in [0.15, 0.2) is 0 Å². The highest BCUT2D eigenvalue weighted by Gasteiger charge is 2.10. The number of aryl methyl sites for hydroxylation is 1. The second-order valence-electron chi connectivity index (χ2n) is 3.52. The Hall–Kier alpha value is -1.04. The fourth-order valence-electron chi connectivity index (χ4n) is 1.38. The minimum absolute atomic E-state index is 0.353. The number of rotatable bonds is 4. The molecule has 1 aromatic heterocycles. The van der Waals surface area contributed by atoms with Crippen LogP contribution in [0.1, 0.15) is 11.4 Å². The number of nitrogens with two attached hydrogens (primary N) is 1. The van der Waals surface area contributed by atoms with Crippen LogP contribution in [0.5, 0.6) is 0 Å². The number of hydrogen-bond donors (Lipinski definition) is 1. The molecule has 2 N–H and O–H groups in total. The molecule has 0 aliphatic heterocycles. The van der Waals surface area contributed by atoms with Crippen molar-refractivity contribution in [3.8, 4) is 10.6 Å². The third-order valence-electron chi connectivity index (χ3n) is 2.22. The van der Waals surface area contributed by atoms with Gasteiger partial charge >= 0.3 is 0 Å². The van der Waals surface area contributed by atoms with Gasteiger partial charge in [-0.1, -0.05) is 22.9 Å². The van der Waals surface area contributed by atoms with Crippen LogP contribution in [-0.4, -0.2) is 16.7 Å². The quantitative estimate of drug-likeness (QED) is 0.930. The van der Waals surface area contributed by atoms with Crippen molar-refractivity contribution < 1.29 is 4.39 Å². The minimum Gasteiger partial charge on any atom is -0.330 e. The van der Waals surface area contributed by atoms with Crippen molar-refractivity contribution in [2.45, 2.75) is 12.8 Å². The zero-order valence-electron chi connectivity index (χ0n) is 8.99. The molecule has 2 rings (SSSR count). The van der Waals surface area contributed by atoms with Crippen molar-refractivity contribution in [2.75, 3.05) is 6.54 Å². The zero-order chi connectivity index (χ0) is 12.3. The first-order valence-corrected chi connectivity index (χ1v) is 6.38. The summed E-state index contributed by atoms with van der Waals surface area (Å²) < 4.78 is 12.9. The summed E-state index contributed by atoms with van der Waals surface area (Å²) in [5.74, 6) is -0.355. The van der Waals surface area contributed by atoms with E-state index in [4.69, 9.17) is 17.3 Å². The molecule has 0 bridgehead atoms. The molecule has 0 radical (unpaired) electrons. The molecule has 90 valence electrons. The first-order valence-electron chi connectivity index (χ1n) is 5.18. The van der Waals surface area contributed by atoms with Gasteiger partial charge in [-0.05, 0) is 31.2 Å². The molecule has 0 aliphatic rings. The van der Waals surface area contributed by atoms with Gasteiger partial charge in [0.05, 0.1) is 5.02 Å². The van der Waals surface area contributed by atoms with Crippen LogP contribution in [-0.2, 0) is 6.42 Å². The molecule has 0 amide bonds. The molecule has 0 saturated heterocycles. The van der Waals surface area contributed by atoms with E-state index in [0.717, 1.165) is 17.8 Å². The maximum absolute atomic E-state index is 12.9. The lowest BCUT2D eigenvalue weighted by atomic mass is 10.2. The predicted molar refractivity (Wildman–Crippen MR) is 67.7 cm³/mol. The molecule has 0 fully saturated rings. The molecule has 1 heterocycles. The molecule has 1 aromatic carbocycles. The molecular formula is C11H11ClFN3S. The van der Waals surface area contributed by atoms with Crippen molar-refractivity contribution in [3.05, 3.63) is 34.0 Å². The van der Waals surface area contributed by atoms with E-state index in [1.807, 2.05) is 0 Å². The lowest BCUT2D eigenvalue weighted by molar-refractivity contribution is 0.628. The lowest BCUT2D eigenvalue weighted by Crippen LogP contribution is -1.99. The van der Waals surface area contributed by atoms with Crippen LogP contribution >= 0.6 is 22.9 Å². The van der Waals surface area contributed by atoms with Gasteiger partial charge in [-0.15, -0.1) is 10.2 Å². The Morgan fingerprint density at radius 2 is 2.18 bits per heavy atom. The summed E-state index contributed by atoms with van der Waals surface area (Å²) in [6, 6.07) is 4.25. The van der Waals surface area contributed by atoms with Crippen LogP contribution in [0.2, 0.25) is 5.02 Å². The maximum Gasteiger partial charge on any atom is 0.149 e. The first-order chi connectivity index (χ1) is 8.20. The highest BCUT2D eigenvalue weighted by molar-refractivity contribution is 7.14. The van der Waals surface area contributed by atoms with E-state index >= 15 is 0 Å². The van der Waals surface area contributed by atoms with Crippen LogP contribution in [0.3, 0.4) is 0 Å². The standard InChI is InChI=1S/C11H11ClFN3S/c12-9-6-7(13)3-4-8(9)11-16-15-10(17-11)2-1-5-14/h3-4,6H,1-2,5,14H2. The van der Waals surface area contributed by atoms with E-state index in [1.54, 1.807) is 6.07 Å². The molecular weight excluding hydrogens is 261 g/mol. The first kappa shape index (κ1) is 12.4. The molecule has 3 nitrogen and oxygen atoms in total. The Morgan fingerprint density at radius 1 is 1.35 bits per heavy atom. The Morgan fingerprint density at radius 3 is 2.88 bits per heavy atom. The molecule has 0 spiro atoms. The summed E-state index contributed by atoms with van der Waals surface area (Å²) >= 11 is 7.42. The third-order valence-corrected chi connectivity index (χ3v) is 3.55. The van der Waals surface area contributed by atoms with Gasteiger partial charge in [0.25, 0.3) is 0 Å². The van der Waals surface area contributed by atoms with Crippen molar-refractivity contribution >= 4 is 22.9 Å². The van der Waals surface area contributed by atoms with Crippen LogP contribution in [0, 0.1) is 5.82 Å². The van der Waals surface area contributed by atoms with E-state index < -0.39 is 0 Å². The van der Waals surface area contributed by atoms with E-state index in [0.29, 0.717) is 22.1 Å². The summed E-state index contributed by atoms with van der Waals surface area (Å²) in [5.41, 5.74) is 6.14. The molecule has 0 unspecified atom stereocenters. The fraction of sp³-hybridized carbons (Fsp3) is 0.273. The van der Waals surface area contributed by atoms with Gasteiger partial charge in [-0.2, -0.15) is 0 Å². The summed E-state index contributed by atoms with van der Waals surface area (Å²) in [6.07, 6.45) is 1.69. The van der Waals surface area contributed by atoms with E-state index in [9.17, 15) is 4.39 Å². The zero-order valence-corrected chi connectivity index (χ0v) is 10.6. The second kappa shape index (κ2) is 5.53. The van der Waals surface area contributed by atoms with Gasteiger partial charge in [0.2, 0.25) is 0 Å². The van der Waals surface area contributed by atoms with Crippen molar-refractivity contribution in [1.82, 2.24) is 10.2 Å². The smallest absolute Gasteiger partial charge is 0.149 e. The van der Waals surface area contributed by atoms with Gasteiger partial charge < -0.3 is 5.73 Å². The normalized spacial score (nSPS) is 10.8. The summed E-state index contributed by atoms with van der Waals surface area (Å²) in [7, 11) is 0. The lowest BCUT2D eigenvalue weighted by Gasteiger charge is -1.98. The molecule has 2 aromatic rings. The van der Waals surface area contributed by atoms with E-state index in [-0.39, 0.29) is 5.82 Å². The van der Waals surface area contributed by atoms with Crippen LogP contribution in [0.15, 0.2) is 18.2 Å². The Balaban J connectivity index is 2.24. The fourth-order valence-corrected chi connectivity index (χ4v) is 2.61. The Bertz CT molecular complexity index is 515. The Kier molecular flexibility index (Phi) is 4.04. The number of hydrogen-bond acceptors (Lipinski definition) is 4. The number of benzene rings is 1. The number of halogens is 2. The average Bonchev–Trinajstić information content (AvgIpc) is 2.75. The molecule has 0 saturated carbocycles. The van der Waals surface area contributed by atoms with Crippen LogP contribution in [0.4, 0.5) is 4.39 Å². The van der Waals surface area contributed by atoms with Gasteiger partial charge in [-0.25, -0.2) is 4.39 Å². The third kappa shape index (κ3) is 3.00.